The number of nitrogen functional groups attached to an aromatic ring is 1. The summed E-state index contributed by atoms with van der Waals surface area (Å²) in [6.07, 6.45) is -0.960. The molecule has 1 unspecified atom stereocenters. The molecule has 14 nitrogen and oxygen atoms in total. The number of ether oxygens (including phenoxy) is 4. The Bertz CT molecular complexity index is 1180. The van der Waals surface area contributed by atoms with Crippen molar-refractivity contribution in [3.63, 3.8) is 0 Å². The zero-order valence-corrected chi connectivity index (χ0v) is 20.5. The van der Waals surface area contributed by atoms with Gasteiger partial charge in [-0.3, -0.25) is 9.69 Å². The van der Waals surface area contributed by atoms with Crippen molar-refractivity contribution in [1.29, 1.82) is 5.26 Å². The Morgan fingerprint density at radius 2 is 2.05 bits per heavy atom. The standard InChI is InChI=1S/C23H30N6O8/c1-28(2)15(21(32)36-13-5-3-4-6-13)9-34-22(33)35-10-16-18(30)19(31)23(11-24,37-16)17-8-7-14-20(25)26-12-27-29(14)17/h7-8,12-13,15-16,18-19,30-31H,3-6,9-10H2,1-2H3,(H2,25,26,27)/t15?,16-,18-,19-,23+/m1/s1. The number of carbonyl (C=O) groups is 2. The molecule has 2 aliphatic rings. The highest BCUT2D eigenvalue weighted by atomic mass is 16.7. The molecule has 200 valence electrons. The highest BCUT2D eigenvalue weighted by molar-refractivity contribution is 5.76. The predicted molar refractivity (Wildman–Crippen MR) is 125 cm³/mol. The number of hydrogen-bond acceptors (Lipinski definition) is 13. The molecule has 0 amide bonds. The Labute approximate surface area is 212 Å². The highest BCUT2D eigenvalue weighted by Gasteiger charge is 2.58. The summed E-state index contributed by atoms with van der Waals surface area (Å²) in [6, 6.07) is 4.10. The molecule has 0 bridgehead atoms. The number of aromatic nitrogens is 3. The lowest BCUT2D eigenvalue weighted by molar-refractivity contribution is -0.156. The van der Waals surface area contributed by atoms with Crippen LogP contribution in [-0.4, -0.2) is 99.6 Å². The van der Waals surface area contributed by atoms with E-state index in [2.05, 4.69) is 10.1 Å². The number of esters is 1. The second-order valence-electron chi connectivity index (χ2n) is 9.29. The lowest BCUT2D eigenvalue weighted by Crippen LogP contribution is -2.42. The second kappa shape index (κ2) is 10.9. The summed E-state index contributed by atoms with van der Waals surface area (Å²) in [6.45, 7) is -0.840. The van der Waals surface area contributed by atoms with Crippen LogP contribution in [0.3, 0.4) is 0 Å². The summed E-state index contributed by atoms with van der Waals surface area (Å²) in [5, 5.41) is 35.3. The molecule has 1 saturated carbocycles. The summed E-state index contributed by atoms with van der Waals surface area (Å²) >= 11 is 0. The Balaban J connectivity index is 1.37. The minimum absolute atomic E-state index is 0.116. The minimum Gasteiger partial charge on any atom is -0.461 e. The van der Waals surface area contributed by atoms with Gasteiger partial charge >= 0.3 is 12.1 Å². The first-order valence-corrected chi connectivity index (χ1v) is 11.9. The zero-order chi connectivity index (χ0) is 26.7. The van der Waals surface area contributed by atoms with Gasteiger partial charge in [-0.25, -0.2) is 14.3 Å². The van der Waals surface area contributed by atoms with E-state index >= 15 is 0 Å². The maximum Gasteiger partial charge on any atom is 0.508 e. The van der Waals surface area contributed by atoms with Gasteiger partial charge in [0.05, 0.1) is 5.69 Å². The molecule has 0 radical (unpaired) electrons. The SMILES string of the molecule is CN(C)C(COC(=O)OC[C@H]1O[C@@](C#N)(c2ccc3c(N)ncnn23)[C@H](O)[C@@H]1O)C(=O)OC1CCCC1. The van der Waals surface area contributed by atoms with Crippen LogP contribution in [0.25, 0.3) is 5.52 Å². The fourth-order valence-electron chi connectivity index (χ4n) is 4.57. The van der Waals surface area contributed by atoms with E-state index in [9.17, 15) is 25.1 Å². The van der Waals surface area contributed by atoms with Crippen LogP contribution in [0.15, 0.2) is 18.5 Å². The van der Waals surface area contributed by atoms with E-state index in [0.717, 1.165) is 25.7 Å². The largest absolute Gasteiger partial charge is 0.508 e. The first kappa shape index (κ1) is 26.6. The molecule has 0 spiro atoms. The molecule has 3 heterocycles. The van der Waals surface area contributed by atoms with Crippen molar-refractivity contribution in [3.05, 3.63) is 24.2 Å². The average Bonchev–Trinajstić information content (AvgIpc) is 3.59. The number of nitrogens with two attached hydrogens (primary N) is 1. The summed E-state index contributed by atoms with van der Waals surface area (Å²) < 4.78 is 22.7. The van der Waals surface area contributed by atoms with Crippen molar-refractivity contribution in [2.45, 2.75) is 61.7 Å². The molecule has 4 rings (SSSR count). The molecule has 1 aliphatic carbocycles. The topological polar surface area (TPSA) is 195 Å². The monoisotopic (exact) mass is 518 g/mol. The molecule has 4 N–H and O–H groups in total. The molecule has 0 aromatic carbocycles. The van der Waals surface area contributed by atoms with Gasteiger partial charge in [-0.1, -0.05) is 0 Å². The normalized spacial score (nSPS) is 26.8. The van der Waals surface area contributed by atoms with Gasteiger partial charge in [0.1, 0.15) is 61.6 Å². The van der Waals surface area contributed by atoms with Gasteiger partial charge in [0.25, 0.3) is 0 Å². The number of aliphatic hydroxyl groups is 2. The maximum absolute atomic E-state index is 12.5. The third kappa shape index (κ3) is 5.16. The smallest absolute Gasteiger partial charge is 0.461 e. The lowest BCUT2D eigenvalue weighted by Gasteiger charge is -2.24. The van der Waals surface area contributed by atoms with Gasteiger partial charge in [0.15, 0.2) is 5.82 Å². The maximum atomic E-state index is 12.5. The van der Waals surface area contributed by atoms with Gasteiger partial charge in [-0.05, 0) is 51.9 Å². The van der Waals surface area contributed by atoms with Crippen LogP contribution in [0, 0.1) is 11.3 Å². The Morgan fingerprint density at radius 1 is 1.32 bits per heavy atom. The van der Waals surface area contributed by atoms with E-state index in [1.165, 1.54) is 16.9 Å². The Kier molecular flexibility index (Phi) is 7.79. The number of hydrogen-bond donors (Lipinski definition) is 3. The molecule has 2 aromatic rings. The number of aliphatic hydroxyl groups excluding tert-OH is 2. The summed E-state index contributed by atoms with van der Waals surface area (Å²) in [5.41, 5.74) is 4.31. The number of nitriles is 1. The van der Waals surface area contributed by atoms with Crippen LogP contribution in [0.2, 0.25) is 0 Å². The van der Waals surface area contributed by atoms with E-state index in [0.29, 0.717) is 5.52 Å². The molecule has 2 aromatic heterocycles. The summed E-state index contributed by atoms with van der Waals surface area (Å²) in [7, 11) is 3.31. The molecule has 1 saturated heterocycles. The Morgan fingerprint density at radius 3 is 2.73 bits per heavy atom. The number of nitrogens with zero attached hydrogens (tertiary/aromatic N) is 5. The van der Waals surface area contributed by atoms with Crippen LogP contribution < -0.4 is 5.73 Å². The number of likely N-dealkylation sites (N-methyl/N-ethyl adjacent to an activating group) is 1. The van der Waals surface area contributed by atoms with Crippen molar-refractivity contribution >= 4 is 23.5 Å². The Hall–Kier alpha value is -3.51. The fourth-order valence-corrected chi connectivity index (χ4v) is 4.57. The third-order valence-corrected chi connectivity index (χ3v) is 6.69. The van der Waals surface area contributed by atoms with Crippen LogP contribution in [0.5, 0.6) is 0 Å². The predicted octanol–water partition coefficient (Wildman–Crippen LogP) is -0.280. The minimum atomic E-state index is -2.02. The van der Waals surface area contributed by atoms with Gasteiger partial charge < -0.3 is 34.9 Å². The van der Waals surface area contributed by atoms with Gasteiger partial charge in [0.2, 0.25) is 5.60 Å². The van der Waals surface area contributed by atoms with Crippen LogP contribution >= 0.6 is 0 Å². The molecular formula is C23H30N6O8. The number of carbonyl (C=O) groups excluding carboxylic acids is 2. The van der Waals surface area contributed by atoms with E-state index in [1.807, 2.05) is 6.07 Å². The van der Waals surface area contributed by atoms with Crippen molar-refractivity contribution < 1.29 is 38.7 Å². The molecular weight excluding hydrogens is 488 g/mol. The molecule has 14 heteroatoms. The quantitative estimate of drug-likeness (QED) is 0.386. The van der Waals surface area contributed by atoms with Crippen LogP contribution in [0.1, 0.15) is 31.4 Å². The lowest BCUT2D eigenvalue weighted by atomic mass is 9.92. The van der Waals surface area contributed by atoms with E-state index < -0.39 is 48.7 Å². The van der Waals surface area contributed by atoms with Crippen molar-refractivity contribution in [1.82, 2.24) is 19.5 Å². The van der Waals surface area contributed by atoms with Crippen molar-refractivity contribution in [2.24, 2.45) is 0 Å². The number of rotatable bonds is 8. The number of anilines is 1. The summed E-state index contributed by atoms with van der Waals surface area (Å²) in [5.74, 6) is -0.349. The number of fused-ring (bicyclic) bond motifs is 1. The van der Waals surface area contributed by atoms with Crippen molar-refractivity contribution in [3.8, 4) is 6.07 Å². The van der Waals surface area contributed by atoms with Gasteiger partial charge in [-0.15, -0.1) is 0 Å². The van der Waals surface area contributed by atoms with E-state index in [4.69, 9.17) is 24.7 Å². The second-order valence-corrected chi connectivity index (χ2v) is 9.29. The molecule has 5 atom stereocenters. The fraction of sp³-hybridized carbons (Fsp3) is 0.609. The van der Waals surface area contributed by atoms with E-state index in [-0.39, 0.29) is 24.2 Å². The zero-order valence-electron chi connectivity index (χ0n) is 20.5. The van der Waals surface area contributed by atoms with Crippen LogP contribution in [0.4, 0.5) is 10.6 Å². The first-order valence-electron chi connectivity index (χ1n) is 11.9. The molecule has 1 aliphatic heterocycles. The highest BCUT2D eigenvalue weighted by Crippen LogP contribution is 2.40. The summed E-state index contributed by atoms with van der Waals surface area (Å²) in [4.78, 5) is 30.2. The first-order chi connectivity index (χ1) is 17.7. The van der Waals surface area contributed by atoms with E-state index in [1.54, 1.807) is 25.1 Å². The van der Waals surface area contributed by atoms with Gasteiger partial charge in [-0.2, -0.15) is 10.4 Å². The van der Waals surface area contributed by atoms with Gasteiger partial charge in [0, 0.05) is 0 Å². The average molecular weight is 519 g/mol. The molecule has 2 fully saturated rings. The molecule has 37 heavy (non-hydrogen) atoms. The third-order valence-electron chi connectivity index (χ3n) is 6.69. The van der Waals surface area contributed by atoms with Crippen LogP contribution in [-0.2, 0) is 29.3 Å². The van der Waals surface area contributed by atoms with Crippen molar-refractivity contribution in [2.75, 3.05) is 33.0 Å².